The number of benzene rings is 1. The van der Waals surface area contributed by atoms with E-state index in [0.717, 1.165) is 17.8 Å². The third-order valence-corrected chi connectivity index (χ3v) is 4.88. The lowest BCUT2D eigenvalue weighted by molar-refractivity contribution is 0.0785. The Kier molecular flexibility index (Phi) is 4.28. The summed E-state index contributed by atoms with van der Waals surface area (Å²) in [6.45, 7) is 5.66. The van der Waals surface area contributed by atoms with Gasteiger partial charge in [0.05, 0.1) is 17.6 Å². The summed E-state index contributed by atoms with van der Waals surface area (Å²) in [6.07, 6.45) is 5.48. The Morgan fingerprint density at radius 3 is 2.77 bits per heavy atom. The van der Waals surface area contributed by atoms with Crippen molar-refractivity contribution in [2.24, 2.45) is 0 Å². The first-order valence-electron chi connectivity index (χ1n) is 8.82. The van der Waals surface area contributed by atoms with Crippen LogP contribution in [-0.2, 0) is 0 Å². The largest absolute Gasteiger partial charge is 0.451 e. The number of nitrogens with zero attached hydrogens (tertiary/aromatic N) is 5. The van der Waals surface area contributed by atoms with Gasteiger partial charge in [-0.3, -0.25) is 4.79 Å². The van der Waals surface area contributed by atoms with Crippen molar-refractivity contribution in [2.45, 2.75) is 32.1 Å². The third-order valence-electron chi connectivity index (χ3n) is 4.88. The number of hydrogen-bond acceptors (Lipinski definition) is 5. The molecule has 1 atom stereocenters. The van der Waals surface area contributed by atoms with E-state index in [9.17, 15) is 4.79 Å². The van der Waals surface area contributed by atoms with Crippen LogP contribution >= 0.6 is 0 Å². The van der Waals surface area contributed by atoms with Gasteiger partial charge < -0.3 is 9.32 Å². The van der Waals surface area contributed by atoms with Crippen molar-refractivity contribution >= 4 is 5.91 Å². The van der Waals surface area contributed by atoms with Gasteiger partial charge in [-0.2, -0.15) is 0 Å². The molecule has 1 unspecified atom stereocenters. The Hall–Kier alpha value is -2.96. The van der Waals surface area contributed by atoms with E-state index in [4.69, 9.17) is 4.42 Å². The lowest BCUT2D eigenvalue weighted by atomic mass is 10.0. The van der Waals surface area contributed by atoms with Crippen LogP contribution in [0.2, 0.25) is 0 Å². The lowest BCUT2D eigenvalue weighted by Crippen LogP contribution is -2.28. The summed E-state index contributed by atoms with van der Waals surface area (Å²) in [5.74, 6) is 0.592. The first kappa shape index (κ1) is 16.5. The molecule has 26 heavy (non-hydrogen) atoms. The molecule has 134 valence electrons. The van der Waals surface area contributed by atoms with Crippen molar-refractivity contribution in [1.82, 2.24) is 24.9 Å². The summed E-state index contributed by atoms with van der Waals surface area (Å²) in [5.41, 5.74) is 3.54. The van der Waals surface area contributed by atoms with Crippen LogP contribution in [0.1, 0.15) is 53.8 Å². The highest BCUT2D eigenvalue weighted by Gasteiger charge is 2.30. The van der Waals surface area contributed by atoms with Crippen LogP contribution in [0, 0.1) is 0 Å². The zero-order valence-corrected chi connectivity index (χ0v) is 14.9. The fraction of sp³-hybridized carbons (Fsp3) is 0.368. The molecule has 3 heterocycles. The maximum Gasteiger partial charge on any atom is 0.275 e. The zero-order chi connectivity index (χ0) is 18.1. The second kappa shape index (κ2) is 6.74. The number of amides is 1. The van der Waals surface area contributed by atoms with Gasteiger partial charge in [0.2, 0.25) is 0 Å². The average Bonchev–Trinajstić information content (AvgIpc) is 3.42. The molecule has 0 aliphatic carbocycles. The summed E-state index contributed by atoms with van der Waals surface area (Å²) in [5, 5.41) is 8.59. The normalized spacial score (nSPS) is 17.2. The number of carbonyl (C=O) groups excluding carboxylic acids is 1. The summed E-state index contributed by atoms with van der Waals surface area (Å²) >= 11 is 0. The highest BCUT2D eigenvalue weighted by Crippen LogP contribution is 2.27. The number of likely N-dealkylation sites (tertiary alicyclic amines) is 1. The van der Waals surface area contributed by atoms with Gasteiger partial charge in [-0.1, -0.05) is 31.2 Å². The Balaban J connectivity index is 1.46. The molecular formula is C19H21N5O2. The molecule has 1 aromatic carbocycles. The van der Waals surface area contributed by atoms with E-state index in [-0.39, 0.29) is 11.8 Å². The van der Waals surface area contributed by atoms with Crippen LogP contribution in [0.25, 0.3) is 5.69 Å². The molecule has 1 aliphatic rings. The van der Waals surface area contributed by atoms with E-state index < -0.39 is 0 Å². The van der Waals surface area contributed by atoms with E-state index in [1.165, 1.54) is 18.2 Å². The van der Waals surface area contributed by atoms with E-state index in [1.807, 2.05) is 6.20 Å². The van der Waals surface area contributed by atoms with Crippen molar-refractivity contribution in [1.29, 1.82) is 0 Å². The molecule has 1 amide bonds. The first-order valence-corrected chi connectivity index (χ1v) is 8.82. The van der Waals surface area contributed by atoms with Crippen LogP contribution in [-0.4, -0.2) is 43.9 Å². The predicted octanol–water partition coefficient (Wildman–Crippen LogP) is 3.01. The van der Waals surface area contributed by atoms with Crippen molar-refractivity contribution in [3.05, 3.63) is 60.1 Å². The summed E-state index contributed by atoms with van der Waals surface area (Å²) in [7, 11) is 0. The van der Waals surface area contributed by atoms with Crippen LogP contribution in [0.3, 0.4) is 0 Å². The molecule has 4 rings (SSSR count). The highest BCUT2D eigenvalue weighted by atomic mass is 16.3. The number of oxazole rings is 1. The number of carbonyl (C=O) groups is 1. The average molecular weight is 351 g/mol. The standard InChI is InChI=1S/C19H21N5O2/c1-13(2)14-3-5-16(6-4-14)24-10-17(21-22-24)15-7-8-23(9-15)19(25)18-11-26-12-20-18/h3-6,10-13,15H,7-9H2,1-2H3. The second-order valence-corrected chi connectivity index (χ2v) is 6.94. The Labute approximate surface area is 151 Å². The summed E-state index contributed by atoms with van der Waals surface area (Å²) < 4.78 is 6.69. The van der Waals surface area contributed by atoms with Crippen molar-refractivity contribution in [3.8, 4) is 5.69 Å². The van der Waals surface area contributed by atoms with Crippen LogP contribution in [0.15, 0.2) is 47.5 Å². The number of rotatable bonds is 4. The molecule has 0 spiro atoms. The number of aromatic nitrogens is 4. The minimum absolute atomic E-state index is 0.0992. The Morgan fingerprint density at radius 1 is 1.27 bits per heavy atom. The molecule has 1 fully saturated rings. The highest BCUT2D eigenvalue weighted by molar-refractivity contribution is 5.92. The van der Waals surface area contributed by atoms with Gasteiger partial charge in [0.25, 0.3) is 5.91 Å². The van der Waals surface area contributed by atoms with Crippen LogP contribution in [0.4, 0.5) is 0 Å². The van der Waals surface area contributed by atoms with Crippen LogP contribution < -0.4 is 0 Å². The fourth-order valence-electron chi connectivity index (χ4n) is 3.27. The van der Waals surface area contributed by atoms with Gasteiger partial charge in [-0.15, -0.1) is 5.10 Å². The maximum absolute atomic E-state index is 12.4. The molecule has 0 N–H and O–H groups in total. The zero-order valence-electron chi connectivity index (χ0n) is 14.9. The molecule has 1 saturated heterocycles. The molecule has 7 nitrogen and oxygen atoms in total. The monoisotopic (exact) mass is 351 g/mol. The Bertz CT molecular complexity index is 883. The van der Waals surface area contributed by atoms with Gasteiger partial charge in [-0.05, 0) is 30.0 Å². The summed E-state index contributed by atoms with van der Waals surface area (Å²) in [4.78, 5) is 18.1. The van der Waals surface area contributed by atoms with Crippen LogP contribution in [0.5, 0.6) is 0 Å². The van der Waals surface area contributed by atoms with Gasteiger partial charge in [0.15, 0.2) is 12.1 Å². The van der Waals surface area contributed by atoms with Crippen molar-refractivity contribution in [2.75, 3.05) is 13.1 Å². The van der Waals surface area contributed by atoms with Crippen molar-refractivity contribution in [3.63, 3.8) is 0 Å². The van der Waals surface area contributed by atoms with E-state index >= 15 is 0 Å². The predicted molar refractivity (Wildman–Crippen MR) is 95.2 cm³/mol. The van der Waals surface area contributed by atoms with Gasteiger partial charge in [0, 0.05) is 19.0 Å². The number of hydrogen-bond donors (Lipinski definition) is 0. The minimum atomic E-state index is -0.0992. The molecule has 0 radical (unpaired) electrons. The van der Waals surface area contributed by atoms with E-state index in [0.29, 0.717) is 24.7 Å². The molecule has 3 aromatic rings. The summed E-state index contributed by atoms with van der Waals surface area (Å²) in [6, 6.07) is 8.36. The molecule has 0 bridgehead atoms. The maximum atomic E-state index is 12.4. The van der Waals surface area contributed by atoms with Gasteiger partial charge in [-0.25, -0.2) is 9.67 Å². The molecule has 0 saturated carbocycles. The Morgan fingerprint density at radius 2 is 2.08 bits per heavy atom. The van der Waals surface area contributed by atoms with E-state index in [1.54, 1.807) is 9.58 Å². The first-order chi connectivity index (χ1) is 12.6. The topological polar surface area (TPSA) is 77.0 Å². The SMILES string of the molecule is CC(C)c1ccc(-n2cc(C3CCN(C(=O)c4cocn4)C3)nn2)cc1. The minimum Gasteiger partial charge on any atom is -0.451 e. The lowest BCUT2D eigenvalue weighted by Gasteiger charge is -2.13. The van der Waals surface area contributed by atoms with Crippen molar-refractivity contribution < 1.29 is 9.21 Å². The molecule has 2 aromatic heterocycles. The molecular weight excluding hydrogens is 330 g/mol. The van der Waals surface area contributed by atoms with Gasteiger partial charge in [0.1, 0.15) is 6.26 Å². The quantitative estimate of drug-likeness (QED) is 0.722. The fourth-order valence-corrected chi connectivity index (χ4v) is 3.27. The van der Waals surface area contributed by atoms with Gasteiger partial charge >= 0.3 is 0 Å². The molecule has 1 aliphatic heterocycles. The second-order valence-electron chi connectivity index (χ2n) is 6.94. The third kappa shape index (κ3) is 3.12. The smallest absolute Gasteiger partial charge is 0.275 e. The van der Waals surface area contributed by atoms with E-state index in [2.05, 4.69) is 53.4 Å². The molecule has 7 heteroatoms.